The zero-order valence-corrected chi connectivity index (χ0v) is 10.8. The Bertz CT molecular complexity index is 478. The second-order valence-corrected chi connectivity index (χ2v) is 5.94. The number of amides is 1. The van der Waals surface area contributed by atoms with E-state index in [-0.39, 0.29) is 17.5 Å². The minimum atomic E-state index is -3.64. The molecule has 1 heterocycles. The lowest BCUT2D eigenvalue weighted by Crippen LogP contribution is -2.43. The van der Waals surface area contributed by atoms with Gasteiger partial charge in [-0.1, -0.05) is 0 Å². The third-order valence-corrected chi connectivity index (χ3v) is 3.64. The van der Waals surface area contributed by atoms with Crippen LogP contribution in [0, 0.1) is 5.41 Å². The van der Waals surface area contributed by atoms with Gasteiger partial charge >= 0.3 is 0 Å². The van der Waals surface area contributed by atoms with Crippen molar-refractivity contribution < 1.29 is 13.2 Å². The topological polar surface area (TPSA) is 104 Å². The van der Waals surface area contributed by atoms with Crippen molar-refractivity contribution in [2.75, 3.05) is 13.6 Å². The van der Waals surface area contributed by atoms with Crippen LogP contribution in [0.5, 0.6) is 0 Å². The van der Waals surface area contributed by atoms with Crippen LogP contribution in [-0.4, -0.2) is 38.1 Å². The van der Waals surface area contributed by atoms with E-state index in [1.807, 2.05) is 0 Å². The first kappa shape index (κ1) is 13.7. The highest BCUT2D eigenvalue weighted by Crippen LogP contribution is 2.14. The van der Waals surface area contributed by atoms with E-state index in [9.17, 15) is 13.2 Å². The highest BCUT2D eigenvalue weighted by Gasteiger charge is 2.29. The van der Waals surface area contributed by atoms with Crippen LogP contribution >= 0.6 is 0 Å². The number of hydrogen-bond donors (Lipinski definition) is 3. The van der Waals surface area contributed by atoms with E-state index < -0.39 is 15.4 Å². The molecule has 0 fully saturated rings. The monoisotopic (exact) mass is 260 g/mol. The molecule has 1 aromatic heterocycles. The maximum Gasteiger partial charge on any atom is 0.257 e. The maximum atomic E-state index is 11.7. The molecular weight excluding hydrogens is 244 g/mol. The van der Waals surface area contributed by atoms with Gasteiger partial charge in [0.25, 0.3) is 10.0 Å². The van der Waals surface area contributed by atoms with Gasteiger partial charge in [-0.05, 0) is 19.9 Å². The number of H-pyrrole nitrogens is 1. The second kappa shape index (κ2) is 4.84. The molecule has 96 valence electrons. The zero-order valence-electron chi connectivity index (χ0n) is 9.94. The Hall–Kier alpha value is -1.41. The highest BCUT2D eigenvalue weighted by atomic mass is 32.2. The summed E-state index contributed by atoms with van der Waals surface area (Å²) < 4.78 is 25.8. The third kappa shape index (κ3) is 3.27. The number of sulfonamides is 1. The molecule has 0 aliphatic rings. The minimum absolute atomic E-state index is 0.00796. The number of carbonyl (C=O) groups is 1. The van der Waals surface area contributed by atoms with Crippen LogP contribution in [-0.2, 0) is 14.8 Å². The fraction of sp³-hybridized carbons (Fsp3) is 0.556. The van der Waals surface area contributed by atoms with Crippen molar-refractivity contribution in [3.05, 3.63) is 12.3 Å². The van der Waals surface area contributed by atoms with E-state index >= 15 is 0 Å². The Labute approximate surface area is 100 Å². The van der Waals surface area contributed by atoms with Crippen LogP contribution < -0.4 is 10.0 Å². The fourth-order valence-electron chi connectivity index (χ4n) is 1.16. The molecule has 3 N–H and O–H groups in total. The third-order valence-electron chi connectivity index (χ3n) is 2.31. The van der Waals surface area contributed by atoms with E-state index in [4.69, 9.17) is 0 Å². The summed E-state index contributed by atoms with van der Waals surface area (Å²) in [5, 5.41) is 8.38. The molecule has 0 aromatic carbocycles. The molecule has 0 saturated heterocycles. The van der Waals surface area contributed by atoms with E-state index in [0.29, 0.717) is 0 Å². The van der Waals surface area contributed by atoms with Gasteiger partial charge in [-0.2, -0.15) is 5.10 Å². The summed E-state index contributed by atoms with van der Waals surface area (Å²) in [5.41, 5.74) is -0.818. The predicted octanol–water partition coefficient (Wildman–Crippen LogP) is -0.540. The Balaban J connectivity index is 2.72. The Morgan fingerprint density at radius 1 is 1.53 bits per heavy atom. The quantitative estimate of drug-likeness (QED) is 0.661. The summed E-state index contributed by atoms with van der Waals surface area (Å²) in [4.78, 5) is 11.5. The SMILES string of the molecule is CNC(=O)C(C)(C)CNS(=O)(=O)c1ccn[nH]1. The molecule has 0 bridgehead atoms. The van der Waals surface area contributed by atoms with Gasteiger partial charge in [-0.25, -0.2) is 13.1 Å². The van der Waals surface area contributed by atoms with Crippen molar-refractivity contribution in [1.29, 1.82) is 0 Å². The van der Waals surface area contributed by atoms with Gasteiger partial charge in [-0.3, -0.25) is 9.89 Å². The van der Waals surface area contributed by atoms with Crippen LogP contribution in [0.15, 0.2) is 17.3 Å². The molecule has 0 aliphatic heterocycles. The van der Waals surface area contributed by atoms with Crippen molar-refractivity contribution in [3.8, 4) is 0 Å². The van der Waals surface area contributed by atoms with Gasteiger partial charge in [0.2, 0.25) is 5.91 Å². The first-order chi connectivity index (χ1) is 7.79. The van der Waals surface area contributed by atoms with Crippen molar-refractivity contribution in [1.82, 2.24) is 20.2 Å². The lowest BCUT2D eigenvalue weighted by molar-refractivity contribution is -0.128. The number of aromatic amines is 1. The summed E-state index contributed by atoms with van der Waals surface area (Å²) in [5.74, 6) is -0.232. The molecule has 0 radical (unpaired) electrons. The molecule has 1 rings (SSSR count). The van der Waals surface area contributed by atoms with Crippen LogP contribution in [0.1, 0.15) is 13.8 Å². The zero-order chi connectivity index (χ0) is 13.1. The summed E-state index contributed by atoms with van der Waals surface area (Å²) >= 11 is 0. The average Bonchev–Trinajstić information content (AvgIpc) is 2.79. The smallest absolute Gasteiger partial charge is 0.257 e. The van der Waals surface area contributed by atoms with Crippen molar-refractivity contribution in [3.63, 3.8) is 0 Å². The van der Waals surface area contributed by atoms with Crippen molar-refractivity contribution in [2.45, 2.75) is 18.9 Å². The lowest BCUT2D eigenvalue weighted by atomic mass is 9.93. The molecule has 8 heteroatoms. The van der Waals surface area contributed by atoms with Crippen LogP contribution in [0.25, 0.3) is 0 Å². The number of rotatable bonds is 5. The standard InChI is InChI=1S/C9H16N4O3S/c1-9(2,8(14)10-3)6-12-17(15,16)7-4-5-11-13-7/h4-5,12H,6H2,1-3H3,(H,10,14)(H,11,13). The molecule has 0 unspecified atom stereocenters. The Morgan fingerprint density at radius 3 is 2.65 bits per heavy atom. The van der Waals surface area contributed by atoms with Gasteiger partial charge in [0.15, 0.2) is 5.03 Å². The lowest BCUT2D eigenvalue weighted by Gasteiger charge is -2.22. The van der Waals surface area contributed by atoms with Crippen molar-refractivity contribution in [2.24, 2.45) is 5.41 Å². The van der Waals surface area contributed by atoms with Gasteiger partial charge in [0, 0.05) is 13.6 Å². The first-order valence-corrected chi connectivity index (χ1v) is 6.49. The number of nitrogens with zero attached hydrogens (tertiary/aromatic N) is 1. The predicted molar refractivity (Wildman–Crippen MR) is 61.6 cm³/mol. The number of carbonyl (C=O) groups excluding carboxylic acids is 1. The largest absolute Gasteiger partial charge is 0.359 e. The molecule has 17 heavy (non-hydrogen) atoms. The second-order valence-electron chi connectivity index (χ2n) is 4.21. The minimum Gasteiger partial charge on any atom is -0.359 e. The number of nitrogens with one attached hydrogen (secondary N) is 3. The number of hydrogen-bond acceptors (Lipinski definition) is 4. The van der Waals surface area contributed by atoms with E-state index in [2.05, 4.69) is 20.2 Å². The molecule has 7 nitrogen and oxygen atoms in total. The molecular formula is C9H16N4O3S. The van der Waals surface area contributed by atoms with E-state index in [0.717, 1.165) is 0 Å². The summed E-state index contributed by atoms with van der Waals surface area (Å²) in [6.07, 6.45) is 1.35. The Morgan fingerprint density at radius 2 is 2.18 bits per heavy atom. The van der Waals surface area contributed by atoms with Crippen LogP contribution in [0.2, 0.25) is 0 Å². The first-order valence-electron chi connectivity index (χ1n) is 5.01. The summed E-state index contributed by atoms with van der Waals surface area (Å²) in [6, 6.07) is 1.34. The normalized spacial score (nSPS) is 12.4. The fourth-order valence-corrected chi connectivity index (χ4v) is 2.28. The van der Waals surface area contributed by atoms with Crippen LogP contribution in [0.4, 0.5) is 0 Å². The highest BCUT2D eigenvalue weighted by molar-refractivity contribution is 7.89. The van der Waals surface area contributed by atoms with E-state index in [1.165, 1.54) is 19.3 Å². The van der Waals surface area contributed by atoms with Gasteiger partial charge in [-0.15, -0.1) is 0 Å². The Kier molecular flexibility index (Phi) is 3.89. The molecule has 0 spiro atoms. The molecule has 0 aliphatic carbocycles. The average molecular weight is 260 g/mol. The van der Waals surface area contributed by atoms with Gasteiger partial charge in [0.1, 0.15) is 0 Å². The number of aromatic nitrogens is 2. The summed E-state index contributed by atoms with van der Waals surface area (Å²) in [6.45, 7) is 3.32. The maximum absolute atomic E-state index is 11.7. The summed E-state index contributed by atoms with van der Waals surface area (Å²) in [7, 11) is -2.13. The molecule has 0 saturated carbocycles. The van der Waals surface area contributed by atoms with Gasteiger partial charge in [0.05, 0.1) is 11.6 Å². The molecule has 1 aromatic rings. The van der Waals surface area contributed by atoms with Gasteiger partial charge < -0.3 is 5.32 Å². The molecule has 1 amide bonds. The van der Waals surface area contributed by atoms with E-state index in [1.54, 1.807) is 13.8 Å². The van der Waals surface area contributed by atoms with Crippen molar-refractivity contribution >= 4 is 15.9 Å². The molecule has 0 atom stereocenters. The van der Waals surface area contributed by atoms with Crippen LogP contribution in [0.3, 0.4) is 0 Å².